The molecule has 1 heterocycles. The highest BCUT2D eigenvalue weighted by molar-refractivity contribution is 7.62. The van der Waals surface area contributed by atoms with Crippen LogP contribution in [0.25, 0.3) is 0 Å². The molecule has 2 nitrogen and oxygen atoms in total. The smallest absolute Gasteiger partial charge is 0.157 e. The minimum Gasteiger partial charge on any atom is -0.306 e. The standard InChI is InChI=1S/C9H18NOP/c1-4-10(5-2)12(11)7-6-9(3)8-12/h6H,4-5,7-8H2,1-3H3. The zero-order valence-corrected chi connectivity index (χ0v) is 9.10. The van der Waals surface area contributed by atoms with E-state index in [1.165, 1.54) is 5.57 Å². The van der Waals surface area contributed by atoms with Gasteiger partial charge < -0.3 is 4.57 Å². The van der Waals surface area contributed by atoms with Gasteiger partial charge in [0.15, 0.2) is 7.29 Å². The molecule has 0 amide bonds. The normalized spacial score (nSPS) is 29.5. The van der Waals surface area contributed by atoms with Crippen LogP contribution in [-0.4, -0.2) is 30.1 Å². The van der Waals surface area contributed by atoms with Crippen molar-refractivity contribution < 1.29 is 4.57 Å². The molecule has 12 heavy (non-hydrogen) atoms. The fourth-order valence-electron chi connectivity index (χ4n) is 1.77. The van der Waals surface area contributed by atoms with Crippen molar-refractivity contribution in [2.45, 2.75) is 20.8 Å². The minimum absolute atomic E-state index is 0.792. The molecule has 1 unspecified atom stereocenters. The summed E-state index contributed by atoms with van der Waals surface area (Å²) in [6.45, 7) is 8.06. The van der Waals surface area contributed by atoms with Crippen molar-refractivity contribution in [1.82, 2.24) is 4.67 Å². The Morgan fingerprint density at radius 3 is 2.42 bits per heavy atom. The fourth-order valence-corrected chi connectivity index (χ4v) is 4.87. The molecule has 1 aliphatic rings. The van der Waals surface area contributed by atoms with Crippen LogP contribution in [0.1, 0.15) is 20.8 Å². The first-order chi connectivity index (χ1) is 5.62. The molecular weight excluding hydrogens is 169 g/mol. The largest absolute Gasteiger partial charge is 0.306 e. The molecule has 70 valence electrons. The molecule has 0 N–H and O–H groups in total. The molecule has 0 fully saturated rings. The zero-order valence-electron chi connectivity index (χ0n) is 8.21. The van der Waals surface area contributed by atoms with Crippen LogP contribution < -0.4 is 0 Å². The Labute approximate surface area is 75.1 Å². The third-order valence-electron chi connectivity index (χ3n) is 2.47. The van der Waals surface area contributed by atoms with E-state index in [4.69, 9.17) is 0 Å². The molecule has 0 saturated carbocycles. The second-order valence-electron chi connectivity index (χ2n) is 3.38. The lowest BCUT2D eigenvalue weighted by Crippen LogP contribution is -2.21. The molecule has 0 aromatic carbocycles. The predicted octanol–water partition coefficient (Wildman–Crippen LogP) is 2.57. The molecule has 0 aromatic rings. The molecular formula is C9H18NOP. The maximum absolute atomic E-state index is 12.3. The van der Waals surface area contributed by atoms with Crippen molar-refractivity contribution in [2.75, 3.05) is 25.4 Å². The summed E-state index contributed by atoms with van der Waals surface area (Å²) in [6.07, 6.45) is 3.73. The Balaban J connectivity index is 2.68. The molecule has 1 rings (SSSR count). The third kappa shape index (κ3) is 1.81. The molecule has 1 atom stereocenters. The quantitative estimate of drug-likeness (QED) is 0.500. The van der Waals surface area contributed by atoms with Gasteiger partial charge in [0.2, 0.25) is 0 Å². The first-order valence-corrected chi connectivity index (χ1v) is 6.64. The highest BCUT2D eigenvalue weighted by atomic mass is 31.2. The molecule has 0 bridgehead atoms. The summed E-state index contributed by atoms with van der Waals surface area (Å²) >= 11 is 0. The summed E-state index contributed by atoms with van der Waals surface area (Å²) in [5.41, 5.74) is 1.30. The Hall–Kier alpha value is -0.0700. The first kappa shape index (κ1) is 10.0. The average Bonchev–Trinajstić information content (AvgIpc) is 2.34. The van der Waals surface area contributed by atoms with E-state index in [1.54, 1.807) is 0 Å². The van der Waals surface area contributed by atoms with Crippen molar-refractivity contribution in [3.8, 4) is 0 Å². The molecule has 3 heteroatoms. The summed E-state index contributed by atoms with van der Waals surface area (Å²) < 4.78 is 14.4. The summed E-state index contributed by atoms with van der Waals surface area (Å²) in [7, 11) is -2.00. The average molecular weight is 187 g/mol. The van der Waals surface area contributed by atoms with E-state index in [-0.39, 0.29) is 0 Å². The Morgan fingerprint density at radius 2 is 2.08 bits per heavy atom. The maximum atomic E-state index is 12.3. The summed E-state index contributed by atoms with van der Waals surface area (Å²) in [5.74, 6) is 0. The van der Waals surface area contributed by atoms with Gasteiger partial charge in [0.25, 0.3) is 0 Å². The second-order valence-corrected chi connectivity index (χ2v) is 6.32. The van der Waals surface area contributed by atoms with Crippen LogP contribution in [0.3, 0.4) is 0 Å². The molecule has 0 spiro atoms. The van der Waals surface area contributed by atoms with E-state index in [0.717, 1.165) is 25.4 Å². The van der Waals surface area contributed by atoms with Gasteiger partial charge in [0, 0.05) is 25.4 Å². The molecule has 0 radical (unpaired) electrons. The molecule has 0 aliphatic carbocycles. The topological polar surface area (TPSA) is 20.3 Å². The minimum atomic E-state index is -2.00. The van der Waals surface area contributed by atoms with Crippen LogP contribution in [0.5, 0.6) is 0 Å². The first-order valence-electron chi connectivity index (χ1n) is 4.61. The number of hydrogen-bond donors (Lipinski definition) is 0. The lowest BCUT2D eigenvalue weighted by Gasteiger charge is -2.26. The van der Waals surface area contributed by atoms with E-state index in [0.29, 0.717) is 0 Å². The van der Waals surface area contributed by atoms with Crippen LogP contribution in [-0.2, 0) is 4.57 Å². The second kappa shape index (κ2) is 3.76. The Bertz CT molecular complexity index is 231. The van der Waals surface area contributed by atoms with Gasteiger partial charge in [-0.25, -0.2) is 0 Å². The fraction of sp³-hybridized carbons (Fsp3) is 0.778. The van der Waals surface area contributed by atoms with Crippen LogP contribution in [0, 0.1) is 0 Å². The Morgan fingerprint density at radius 1 is 1.50 bits per heavy atom. The van der Waals surface area contributed by atoms with E-state index in [1.807, 2.05) is 0 Å². The predicted molar refractivity (Wildman–Crippen MR) is 54.0 cm³/mol. The SMILES string of the molecule is CCN(CC)P1(=O)CC=C(C)C1. The highest BCUT2D eigenvalue weighted by Gasteiger charge is 2.31. The molecule has 0 saturated heterocycles. The molecule has 1 aliphatic heterocycles. The highest BCUT2D eigenvalue weighted by Crippen LogP contribution is 2.54. The van der Waals surface area contributed by atoms with Crippen molar-refractivity contribution in [3.63, 3.8) is 0 Å². The van der Waals surface area contributed by atoms with Crippen molar-refractivity contribution in [2.24, 2.45) is 0 Å². The Kier molecular flexibility index (Phi) is 3.14. The van der Waals surface area contributed by atoms with Gasteiger partial charge in [-0.15, -0.1) is 0 Å². The molecule has 0 aromatic heterocycles. The maximum Gasteiger partial charge on any atom is 0.157 e. The monoisotopic (exact) mass is 187 g/mol. The van der Waals surface area contributed by atoms with E-state index in [9.17, 15) is 4.57 Å². The van der Waals surface area contributed by atoms with Gasteiger partial charge in [-0.2, -0.15) is 0 Å². The summed E-state index contributed by atoms with van der Waals surface area (Å²) in [4.78, 5) is 0. The van der Waals surface area contributed by atoms with Crippen molar-refractivity contribution >= 4 is 7.29 Å². The van der Waals surface area contributed by atoms with Crippen LogP contribution >= 0.6 is 7.29 Å². The van der Waals surface area contributed by atoms with E-state index >= 15 is 0 Å². The number of nitrogens with zero attached hydrogens (tertiary/aromatic N) is 1. The lowest BCUT2D eigenvalue weighted by molar-refractivity contribution is 0.447. The number of hydrogen-bond acceptors (Lipinski definition) is 1. The lowest BCUT2D eigenvalue weighted by atomic mass is 10.3. The van der Waals surface area contributed by atoms with Crippen LogP contribution in [0.2, 0.25) is 0 Å². The van der Waals surface area contributed by atoms with Crippen molar-refractivity contribution in [3.05, 3.63) is 11.6 Å². The zero-order chi connectivity index (χ0) is 9.19. The van der Waals surface area contributed by atoms with E-state index in [2.05, 4.69) is 31.5 Å². The number of allylic oxidation sites excluding steroid dienone is 2. The van der Waals surface area contributed by atoms with Crippen LogP contribution in [0.4, 0.5) is 0 Å². The van der Waals surface area contributed by atoms with Crippen molar-refractivity contribution in [1.29, 1.82) is 0 Å². The number of rotatable bonds is 3. The third-order valence-corrected chi connectivity index (χ3v) is 5.81. The van der Waals surface area contributed by atoms with Gasteiger partial charge in [0.05, 0.1) is 0 Å². The summed E-state index contributed by atoms with van der Waals surface area (Å²) in [5, 5.41) is 0. The van der Waals surface area contributed by atoms with Gasteiger partial charge in [-0.1, -0.05) is 25.5 Å². The summed E-state index contributed by atoms with van der Waals surface area (Å²) in [6, 6.07) is 0. The van der Waals surface area contributed by atoms with Gasteiger partial charge in [-0.3, -0.25) is 4.67 Å². The van der Waals surface area contributed by atoms with E-state index < -0.39 is 7.29 Å². The van der Waals surface area contributed by atoms with Gasteiger partial charge in [-0.05, 0) is 6.92 Å². The van der Waals surface area contributed by atoms with Crippen LogP contribution in [0.15, 0.2) is 11.6 Å². The van der Waals surface area contributed by atoms with Gasteiger partial charge >= 0.3 is 0 Å². The van der Waals surface area contributed by atoms with Gasteiger partial charge in [0.1, 0.15) is 0 Å².